The van der Waals surface area contributed by atoms with E-state index in [0.717, 1.165) is 0 Å². The van der Waals surface area contributed by atoms with Crippen molar-refractivity contribution in [3.63, 3.8) is 0 Å². The highest BCUT2D eigenvalue weighted by molar-refractivity contribution is 5.94. The molecule has 1 aromatic rings. The number of amides is 1. The van der Waals surface area contributed by atoms with Gasteiger partial charge in [-0.1, -0.05) is 6.07 Å². The van der Waals surface area contributed by atoms with E-state index in [1.54, 1.807) is 11.0 Å². The first-order valence-electron chi connectivity index (χ1n) is 7.79. The lowest BCUT2D eigenvalue weighted by molar-refractivity contribution is -0.136. The molecule has 0 aliphatic carbocycles. The Labute approximate surface area is 134 Å². The minimum Gasteiger partial charge on any atom is -0.389 e. The summed E-state index contributed by atoms with van der Waals surface area (Å²) in [6.45, 7) is 2.67. The van der Waals surface area contributed by atoms with Crippen molar-refractivity contribution in [1.82, 2.24) is 9.80 Å². The normalized spacial score (nSPS) is 29.5. The molecule has 2 fully saturated rings. The highest BCUT2D eigenvalue weighted by Gasteiger charge is 2.37. The maximum absolute atomic E-state index is 13.2. The second kappa shape index (κ2) is 6.92. The van der Waals surface area contributed by atoms with Crippen LogP contribution in [0.1, 0.15) is 10.4 Å². The zero-order valence-corrected chi connectivity index (χ0v) is 12.8. The molecular formula is C16H21FN2O4. The first-order valence-corrected chi connectivity index (χ1v) is 7.79. The lowest BCUT2D eigenvalue weighted by Gasteiger charge is -2.43. The molecule has 0 bridgehead atoms. The third kappa shape index (κ3) is 3.53. The summed E-state index contributed by atoms with van der Waals surface area (Å²) in [6, 6.07) is 5.42. The minimum atomic E-state index is -0.874. The van der Waals surface area contributed by atoms with E-state index in [0.29, 0.717) is 38.3 Å². The van der Waals surface area contributed by atoms with Gasteiger partial charge < -0.3 is 19.8 Å². The van der Waals surface area contributed by atoms with Crippen LogP contribution in [0.3, 0.4) is 0 Å². The minimum absolute atomic E-state index is 0.149. The Balaban J connectivity index is 1.59. The van der Waals surface area contributed by atoms with Crippen molar-refractivity contribution in [2.45, 2.75) is 18.2 Å². The van der Waals surface area contributed by atoms with Crippen LogP contribution in [0.5, 0.6) is 0 Å². The number of aliphatic hydroxyl groups is 2. The van der Waals surface area contributed by atoms with E-state index >= 15 is 0 Å². The second-order valence-corrected chi connectivity index (χ2v) is 6.00. The number of carbonyl (C=O) groups is 1. The van der Waals surface area contributed by atoms with Crippen LogP contribution < -0.4 is 0 Å². The molecule has 1 aromatic carbocycles. The largest absolute Gasteiger partial charge is 0.389 e. The van der Waals surface area contributed by atoms with Crippen LogP contribution in [-0.4, -0.2) is 83.6 Å². The monoisotopic (exact) mass is 324 g/mol. The average Bonchev–Trinajstić information content (AvgIpc) is 2.57. The van der Waals surface area contributed by atoms with Gasteiger partial charge in [0.1, 0.15) is 11.9 Å². The Hall–Kier alpha value is -1.54. The Morgan fingerprint density at radius 2 is 1.91 bits per heavy atom. The van der Waals surface area contributed by atoms with Crippen molar-refractivity contribution in [1.29, 1.82) is 0 Å². The van der Waals surface area contributed by atoms with Crippen molar-refractivity contribution < 1.29 is 24.1 Å². The van der Waals surface area contributed by atoms with Gasteiger partial charge in [0.15, 0.2) is 0 Å². The predicted molar refractivity (Wildman–Crippen MR) is 80.5 cm³/mol. The van der Waals surface area contributed by atoms with Gasteiger partial charge in [0.25, 0.3) is 5.91 Å². The summed E-state index contributed by atoms with van der Waals surface area (Å²) >= 11 is 0. The first-order chi connectivity index (χ1) is 11.1. The van der Waals surface area contributed by atoms with Gasteiger partial charge in [-0.05, 0) is 18.2 Å². The van der Waals surface area contributed by atoms with E-state index in [-0.39, 0.29) is 18.6 Å². The number of aliphatic hydroxyl groups excluding tert-OH is 2. The fourth-order valence-electron chi connectivity index (χ4n) is 3.15. The van der Waals surface area contributed by atoms with Crippen LogP contribution >= 0.6 is 0 Å². The molecule has 0 radical (unpaired) electrons. The van der Waals surface area contributed by atoms with Crippen LogP contribution in [-0.2, 0) is 4.74 Å². The molecule has 3 atom stereocenters. The number of carbonyl (C=O) groups excluding carboxylic acids is 1. The van der Waals surface area contributed by atoms with E-state index < -0.39 is 18.0 Å². The van der Waals surface area contributed by atoms with Gasteiger partial charge >= 0.3 is 0 Å². The third-order valence-corrected chi connectivity index (χ3v) is 4.51. The lowest BCUT2D eigenvalue weighted by Crippen LogP contribution is -2.60. The Morgan fingerprint density at radius 3 is 2.61 bits per heavy atom. The van der Waals surface area contributed by atoms with E-state index in [1.807, 2.05) is 4.90 Å². The standard InChI is InChI=1S/C16H21FN2O4/c17-12-3-1-2-11(8-12)16(22)19-6-4-18(5-7-19)13-9-23-10-14(20)15(13)21/h1-3,8,13-15,20-21H,4-7,9-10H2/t13-,14-,15+/m1/s1. The summed E-state index contributed by atoms with van der Waals surface area (Å²) in [5.74, 6) is -0.615. The summed E-state index contributed by atoms with van der Waals surface area (Å²) < 4.78 is 18.5. The summed E-state index contributed by atoms with van der Waals surface area (Å²) in [5.41, 5.74) is 0.343. The molecule has 7 heteroatoms. The number of hydrogen-bond acceptors (Lipinski definition) is 5. The fraction of sp³-hybridized carbons (Fsp3) is 0.562. The van der Waals surface area contributed by atoms with Crippen LogP contribution in [0.15, 0.2) is 24.3 Å². The van der Waals surface area contributed by atoms with Gasteiger partial charge in [-0.15, -0.1) is 0 Å². The summed E-state index contributed by atoms with van der Waals surface area (Å²) in [4.78, 5) is 16.1. The Morgan fingerprint density at radius 1 is 1.17 bits per heavy atom. The number of piperazine rings is 1. The highest BCUT2D eigenvalue weighted by Crippen LogP contribution is 2.18. The molecule has 0 spiro atoms. The Bertz CT molecular complexity index is 563. The smallest absolute Gasteiger partial charge is 0.254 e. The van der Waals surface area contributed by atoms with E-state index in [2.05, 4.69) is 0 Å². The molecule has 2 aliphatic rings. The first kappa shape index (κ1) is 16.3. The quantitative estimate of drug-likeness (QED) is 0.782. The molecule has 0 aromatic heterocycles. The van der Waals surface area contributed by atoms with Crippen molar-refractivity contribution in [2.75, 3.05) is 39.4 Å². The summed E-state index contributed by atoms with van der Waals surface area (Å²) in [7, 11) is 0. The van der Waals surface area contributed by atoms with E-state index in [4.69, 9.17) is 4.74 Å². The topological polar surface area (TPSA) is 73.2 Å². The summed E-state index contributed by atoms with van der Waals surface area (Å²) in [5, 5.41) is 19.8. The molecule has 6 nitrogen and oxygen atoms in total. The number of rotatable bonds is 2. The molecule has 0 saturated carbocycles. The van der Waals surface area contributed by atoms with Crippen molar-refractivity contribution in [3.05, 3.63) is 35.6 Å². The molecule has 23 heavy (non-hydrogen) atoms. The molecule has 2 heterocycles. The molecule has 2 saturated heterocycles. The predicted octanol–water partition coefficient (Wildman–Crippen LogP) is -0.296. The van der Waals surface area contributed by atoms with Gasteiger partial charge in [-0.2, -0.15) is 0 Å². The Kier molecular flexibility index (Phi) is 4.91. The lowest BCUT2D eigenvalue weighted by atomic mass is 10.0. The average molecular weight is 324 g/mol. The van der Waals surface area contributed by atoms with Gasteiger partial charge in [-0.3, -0.25) is 9.69 Å². The van der Waals surface area contributed by atoms with Crippen LogP contribution in [0.4, 0.5) is 4.39 Å². The molecule has 3 rings (SSSR count). The molecule has 2 N–H and O–H groups in total. The number of hydrogen-bond donors (Lipinski definition) is 2. The zero-order chi connectivity index (χ0) is 16.4. The number of benzene rings is 1. The van der Waals surface area contributed by atoms with Gasteiger partial charge in [0.05, 0.1) is 25.4 Å². The van der Waals surface area contributed by atoms with Gasteiger partial charge in [0.2, 0.25) is 0 Å². The van der Waals surface area contributed by atoms with Crippen LogP contribution in [0.25, 0.3) is 0 Å². The van der Waals surface area contributed by atoms with E-state index in [1.165, 1.54) is 18.2 Å². The summed E-state index contributed by atoms with van der Waals surface area (Å²) in [6.07, 6.45) is -1.71. The third-order valence-electron chi connectivity index (χ3n) is 4.51. The van der Waals surface area contributed by atoms with Gasteiger partial charge in [-0.25, -0.2) is 4.39 Å². The number of halogens is 1. The van der Waals surface area contributed by atoms with Crippen molar-refractivity contribution in [2.24, 2.45) is 0 Å². The molecule has 2 aliphatic heterocycles. The molecule has 0 unspecified atom stereocenters. The van der Waals surface area contributed by atoms with Gasteiger partial charge in [0, 0.05) is 31.7 Å². The number of ether oxygens (including phenoxy) is 1. The van der Waals surface area contributed by atoms with E-state index in [9.17, 15) is 19.4 Å². The maximum Gasteiger partial charge on any atom is 0.254 e. The maximum atomic E-state index is 13.2. The van der Waals surface area contributed by atoms with Crippen LogP contribution in [0, 0.1) is 5.82 Å². The molecule has 1 amide bonds. The molecule has 126 valence electrons. The fourth-order valence-corrected chi connectivity index (χ4v) is 3.15. The highest BCUT2D eigenvalue weighted by atomic mass is 19.1. The zero-order valence-electron chi connectivity index (χ0n) is 12.8. The molecular weight excluding hydrogens is 303 g/mol. The van der Waals surface area contributed by atoms with Crippen molar-refractivity contribution in [3.8, 4) is 0 Å². The van der Waals surface area contributed by atoms with Crippen molar-refractivity contribution >= 4 is 5.91 Å². The SMILES string of the molecule is O=C(c1cccc(F)c1)N1CCN([C@@H]2COC[C@@H](O)[C@H]2O)CC1. The second-order valence-electron chi connectivity index (χ2n) is 6.00. The van der Waals surface area contributed by atoms with Crippen LogP contribution in [0.2, 0.25) is 0 Å². The number of nitrogens with zero attached hydrogens (tertiary/aromatic N) is 2.